The summed E-state index contributed by atoms with van der Waals surface area (Å²) in [5, 5.41) is 21.0. The molecule has 0 aliphatic heterocycles. The average Bonchev–Trinajstić information content (AvgIpc) is 3.67. The number of aliphatic hydroxyl groups excluding tert-OH is 2. The first-order chi connectivity index (χ1) is 27.6. The van der Waals surface area contributed by atoms with Crippen molar-refractivity contribution in [3.63, 3.8) is 0 Å². The summed E-state index contributed by atoms with van der Waals surface area (Å²) < 4.78 is 0. The van der Waals surface area contributed by atoms with Gasteiger partial charge in [0.2, 0.25) is 0 Å². The van der Waals surface area contributed by atoms with Crippen LogP contribution in [0.3, 0.4) is 0 Å². The van der Waals surface area contributed by atoms with E-state index in [1.54, 1.807) is 5.57 Å². The second-order valence-corrected chi connectivity index (χ2v) is 25.8. The minimum atomic E-state index is -0.130. The quantitative estimate of drug-likeness (QED) is 0.228. The Morgan fingerprint density at radius 3 is 2.12 bits per heavy atom. The predicted octanol–water partition coefficient (Wildman–Crippen LogP) is 15.9. The predicted molar refractivity (Wildman–Crippen MR) is 252 cm³/mol. The summed E-state index contributed by atoms with van der Waals surface area (Å²) in [6, 6.07) is 0. The van der Waals surface area contributed by atoms with Gasteiger partial charge in [-0.3, -0.25) is 0 Å². The molecule has 8 rings (SSSR count). The molecule has 15 atom stereocenters. The van der Waals surface area contributed by atoms with Crippen LogP contribution in [-0.2, 0) is 0 Å². The molecule has 59 heavy (non-hydrogen) atoms. The lowest BCUT2D eigenvalue weighted by Gasteiger charge is -2.62. The van der Waals surface area contributed by atoms with E-state index >= 15 is 0 Å². The molecule has 0 aromatic rings. The first-order valence-electron chi connectivity index (χ1n) is 26.1. The Morgan fingerprint density at radius 1 is 0.695 bits per heavy atom. The normalized spacial score (nSPS) is 45.7. The standard InChI is InChI=1S/C30H50O.C27H46O/c1-20(2)10-9-11-21(3)22-14-18-30(8)24-12-13-25-27(4,5)26(31)16-17-28(25,6)23(24)15-19-29(22,30)7;1-18(2)7-6-8-19(3)23-11-12-24-22-10-9-20-17-21(28)13-15-26(20,4)25(22)14-16-27(23,24)5/h10,21-22,25-26,31H,9,11-19H2,1-8H3;9,18-19,21-25,28H,6-8,10-17H2,1-5H3/t21-,22-,25+,26+,28-,29-,30+;19-,21+,22+,23-,24+,25+,26+,27-/m11/s1. The number of aliphatic hydroxyl groups is 2. The van der Waals surface area contributed by atoms with E-state index in [2.05, 4.69) is 102 Å². The van der Waals surface area contributed by atoms with Crippen LogP contribution < -0.4 is 0 Å². The van der Waals surface area contributed by atoms with E-state index in [-0.39, 0.29) is 17.6 Å². The highest BCUT2D eigenvalue weighted by atomic mass is 16.3. The molecule has 0 saturated heterocycles. The topological polar surface area (TPSA) is 40.5 Å². The molecule has 336 valence electrons. The molecule has 2 heteroatoms. The molecule has 0 aromatic heterocycles. The molecule has 5 saturated carbocycles. The fourth-order valence-electron chi connectivity index (χ4n) is 18.1. The van der Waals surface area contributed by atoms with Crippen molar-refractivity contribution in [2.45, 2.75) is 237 Å². The van der Waals surface area contributed by atoms with Crippen LogP contribution in [0.25, 0.3) is 0 Å². The van der Waals surface area contributed by atoms with Crippen molar-refractivity contribution in [2.24, 2.45) is 85.8 Å². The molecule has 8 aliphatic rings. The molecule has 0 radical (unpaired) electrons. The van der Waals surface area contributed by atoms with Crippen LogP contribution in [0.1, 0.15) is 225 Å². The van der Waals surface area contributed by atoms with Gasteiger partial charge in [-0.15, -0.1) is 0 Å². The zero-order valence-corrected chi connectivity index (χ0v) is 41.2. The van der Waals surface area contributed by atoms with Gasteiger partial charge in [0, 0.05) is 0 Å². The highest BCUT2D eigenvalue weighted by Crippen LogP contribution is 2.73. The third kappa shape index (κ3) is 7.81. The molecule has 8 aliphatic carbocycles. The minimum Gasteiger partial charge on any atom is -0.393 e. The van der Waals surface area contributed by atoms with Crippen LogP contribution in [0.4, 0.5) is 0 Å². The SMILES string of the molecule is CC(C)=CCC[C@@H](C)[C@H]1CC[C@@]2(C)C3=C(CC[C@]12C)[C@@]1(C)CC[C@H](O)C(C)(C)[C@@H]1CC3.CC(C)CCC[C@@H](C)[C@H]1CC[C@H]2[C@@H]3CC=C4C[C@@H](O)CC[C@]4(C)[C@H]3CC[C@]12C. The van der Waals surface area contributed by atoms with Crippen LogP contribution >= 0.6 is 0 Å². The number of rotatable bonds is 9. The molecule has 0 spiro atoms. The van der Waals surface area contributed by atoms with Crippen LogP contribution in [0.5, 0.6) is 0 Å². The molecule has 0 bridgehead atoms. The summed E-state index contributed by atoms with van der Waals surface area (Å²) in [6.07, 6.45) is 32.3. The highest BCUT2D eigenvalue weighted by Gasteiger charge is 2.64. The van der Waals surface area contributed by atoms with Crippen molar-refractivity contribution in [1.29, 1.82) is 0 Å². The largest absolute Gasteiger partial charge is 0.393 e. The Morgan fingerprint density at radius 2 is 1.41 bits per heavy atom. The Labute approximate surface area is 366 Å². The maximum absolute atomic E-state index is 10.8. The van der Waals surface area contributed by atoms with Gasteiger partial charge in [0.15, 0.2) is 0 Å². The van der Waals surface area contributed by atoms with E-state index in [1.165, 1.54) is 121 Å². The maximum atomic E-state index is 10.8. The van der Waals surface area contributed by atoms with Gasteiger partial charge in [-0.25, -0.2) is 0 Å². The van der Waals surface area contributed by atoms with Gasteiger partial charge in [0.05, 0.1) is 12.2 Å². The van der Waals surface area contributed by atoms with Crippen LogP contribution in [0.15, 0.2) is 34.4 Å². The fourth-order valence-corrected chi connectivity index (χ4v) is 18.1. The van der Waals surface area contributed by atoms with Crippen LogP contribution in [-0.4, -0.2) is 22.4 Å². The molecule has 2 nitrogen and oxygen atoms in total. The third-order valence-electron chi connectivity index (χ3n) is 21.9. The minimum absolute atomic E-state index is 0.0465. The second-order valence-electron chi connectivity index (χ2n) is 25.8. The Kier molecular flexibility index (Phi) is 13.2. The monoisotopic (exact) mass is 813 g/mol. The second kappa shape index (κ2) is 16.9. The fraction of sp³-hybridized carbons (Fsp3) is 0.895. The zero-order chi connectivity index (χ0) is 42.9. The first kappa shape index (κ1) is 46.1. The van der Waals surface area contributed by atoms with E-state index in [9.17, 15) is 10.2 Å². The first-order valence-corrected chi connectivity index (χ1v) is 26.1. The number of fused-ring (bicyclic) bond motifs is 9. The van der Waals surface area contributed by atoms with Crippen molar-refractivity contribution in [2.75, 3.05) is 0 Å². The van der Waals surface area contributed by atoms with Crippen molar-refractivity contribution < 1.29 is 10.2 Å². The molecule has 0 aromatic carbocycles. The van der Waals surface area contributed by atoms with Gasteiger partial charge in [-0.2, -0.15) is 0 Å². The smallest absolute Gasteiger partial charge is 0.0594 e. The summed E-state index contributed by atoms with van der Waals surface area (Å²) in [5.41, 5.74) is 9.01. The maximum Gasteiger partial charge on any atom is 0.0594 e. The van der Waals surface area contributed by atoms with E-state index in [0.29, 0.717) is 33.0 Å². The molecule has 5 fully saturated rings. The third-order valence-corrected chi connectivity index (χ3v) is 21.9. The van der Waals surface area contributed by atoms with Gasteiger partial charge in [0.1, 0.15) is 0 Å². The summed E-state index contributed by atoms with van der Waals surface area (Å²) in [7, 11) is 0. The summed E-state index contributed by atoms with van der Waals surface area (Å²) in [6.45, 7) is 32.2. The van der Waals surface area contributed by atoms with E-state index in [0.717, 1.165) is 66.6 Å². The van der Waals surface area contributed by atoms with Crippen molar-refractivity contribution in [3.05, 3.63) is 34.4 Å². The Balaban J connectivity index is 0.000000180. The summed E-state index contributed by atoms with van der Waals surface area (Å²) >= 11 is 0. The summed E-state index contributed by atoms with van der Waals surface area (Å²) in [5.74, 6) is 7.78. The zero-order valence-electron chi connectivity index (χ0n) is 41.2. The molecule has 0 amide bonds. The molecule has 0 heterocycles. The van der Waals surface area contributed by atoms with Gasteiger partial charge < -0.3 is 10.2 Å². The van der Waals surface area contributed by atoms with Crippen molar-refractivity contribution >= 4 is 0 Å². The van der Waals surface area contributed by atoms with Gasteiger partial charge >= 0.3 is 0 Å². The molecular weight excluding hydrogens is 717 g/mol. The van der Waals surface area contributed by atoms with E-state index < -0.39 is 0 Å². The lowest BCUT2D eigenvalue weighted by molar-refractivity contribution is -0.0962. The molecule has 0 unspecified atom stereocenters. The van der Waals surface area contributed by atoms with Gasteiger partial charge in [-0.1, -0.05) is 130 Å². The number of hydrogen-bond donors (Lipinski definition) is 2. The van der Waals surface area contributed by atoms with Crippen LogP contribution in [0, 0.1) is 85.8 Å². The number of allylic oxidation sites excluding steroid dienone is 5. The Bertz CT molecular complexity index is 1590. The number of hydrogen-bond acceptors (Lipinski definition) is 2. The van der Waals surface area contributed by atoms with Gasteiger partial charge in [0.25, 0.3) is 0 Å². The van der Waals surface area contributed by atoms with Gasteiger partial charge in [-0.05, 0) is 215 Å². The van der Waals surface area contributed by atoms with Crippen LogP contribution in [0.2, 0.25) is 0 Å². The Hall–Kier alpha value is -0.860. The molecule has 2 N–H and O–H groups in total. The van der Waals surface area contributed by atoms with Crippen molar-refractivity contribution in [3.8, 4) is 0 Å². The summed E-state index contributed by atoms with van der Waals surface area (Å²) in [4.78, 5) is 0. The van der Waals surface area contributed by atoms with E-state index in [1.807, 2.05) is 11.1 Å². The van der Waals surface area contributed by atoms with E-state index in [4.69, 9.17) is 0 Å². The van der Waals surface area contributed by atoms with Crippen molar-refractivity contribution in [1.82, 2.24) is 0 Å². The average molecular weight is 813 g/mol. The lowest BCUT2D eigenvalue weighted by Crippen LogP contribution is -2.55. The molecular formula is C57H96O2. The highest BCUT2D eigenvalue weighted by molar-refractivity contribution is 5.39. The lowest BCUT2D eigenvalue weighted by atomic mass is 9.43.